The zero-order valence-electron chi connectivity index (χ0n) is 16.3. The quantitative estimate of drug-likeness (QED) is 0.612. The summed E-state index contributed by atoms with van der Waals surface area (Å²) in [5.74, 6) is -2.02. The molecule has 4 N–H and O–H groups in total. The highest BCUT2D eigenvalue weighted by Crippen LogP contribution is 2.29. The lowest BCUT2D eigenvalue weighted by Crippen LogP contribution is -2.54. The minimum Gasteiger partial charge on any atom is -0.323 e. The summed E-state index contributed by atoms with van der Waals surface area (Å²) in [6.45, 7) is 0.846. The summed E-state index contributed by atoms with van der Waals surface area (Å²) in [7, 11) is 0. The molecule has 30 heavy (non-hydrogen) atoms. The first kappa shape index (κ1) is 19.9. The van der Waals surface area contributed by atoms with Crippen molar-refractivity contribution in [1.82, 2.24) is 15.5 Å². The third kappa shape index (κ3) is 3.62. The van der Waals surface area contributed by atoms with Crippen molar-refractivity contribution < 1.29 is 19.2 Å². The van der Waals surface area contributed by atoms with Gasteiger partial charge in [-0.15, -0.1) is 0 Å². The molecule has 0 bridgehead atoms. The number of nitrogens with two attached hydrogens (primary N) is 1. The number of hydrogen-bond donors (Lipinski definition) is 3. The number of nitrogens with zero attached hydrogens (tertiary/aromatic N) is 1. The zero-order valence-corrected chi connectivity index (χ0v) is 16.3. The lowest BCUT2D eigenvalue weighted by molar-refractivity contribution is -0.136. The van der Waals surface area contributed by atoms with Crippen LogP contribution in [0.5, 0.6) is 0 Å². The molecule has 2 atom stereocenters. The third-order valence-corrected chi connectivity index (χ3v) is 5.46. The van der Waals surface area contributed by atoms with Crippen molar-refractivity contribution in [3.63, 3.8) is 0 Å². The molecule has 0 aromatic heterocycles. The van der Waals surface area contributed by atoms with Crippen LogP contribution in [0.3, 0.4) is 0 Å². The summed E-state index contributed by atoms with van der Waals surface area (Å²) in [6, 6.07) is 13.6. The number of nitrogens with one attached hydrogen (secondary N) is 2. The smallest absolute Gasteiger partial charge is 0.262 e. The highest BCUT2D eigenvalue weighted by atomic mass is 16.2. The van der Waals surface area contributed by atoms with E-state index < -0.39 is 29.7 Å². The molecule has 0 saturated carbocycles. The molecular weight excluding hydrogens is 384 g/mol. The van der Waals surface area contributed by atoms with E-state index in [9.17, 15) is 19.2 Å². The maximum Gasteiger partial charge on any atom is 0.262 e. The molecule has 2 heterocycles. The Hall–Kier alpha value is -3.36. The van der Waals surface area contributed by atoms with E-state index in [4.69, 9.17) is 5.73 Å². The van der Waals surface area contributed by atoms with Crippen LogP contribution in [0.2, 0.25) is 0 Å². The summed E-state index contributed by atoms with van der Waals surface area (Å²) in [5.41, 5.74) is 8.44. The second kappa shape index (κ2) is 8.17. The Labute approximate surface area is 173 Å². The number of amides is 4. The first-order valence-corrected chi connectivity index (χ1v) is 9.82. The number of rotatable bonds is 6. The lowest BCUT2D eigenvalue weighted by Gasteiger charge is -2.27. The SMILES string of the molecule is N[C@@H](CNCc1cccc2c1C(=O)N(C1CCC(=O)NC1=O)C2=O)c1ccccc1. The van der Waals surface area contributed by atoms with Crippen molar-refractivity contribution in [3.05, 3.63) is 70.8 Å². The molecule has 2 aliphatic heterocycles. The Kier molecular flexibility index (Phi) is 5.43. The Morgan fingerprint density at radius 1 is 1.03 bits per heavy atom. The summed E-state index contributed by atoms with van der Waals surface area (Å²) >= 11 is 0. The highest BCUT2D eigenvalue weighted by Gasteiger charge is 2.45. The molecule has 1 fully saturated rings. The van der Waals surface area contributed by atoms with Gasteiger partial charge < -0.3 is 11.1 Å². The van der Waals surface area contributed by atoms with Crippen LogP contribution in [-0.2, 0) is 16.1 Å². The molecule has 154 valence electrons. The Morgan fingerprint density at radius 2 is 1.80 bits per heavy atom. The number of carbonyl (C=O) groups excluding carboxylic acids is 4. The van der Waals surface area contributed by atoms with Crippen molar-refractivity contribution >= 4 is 23.6 Å². The molecule has 4 amide bonds. The van der Waals surface area contributed by atoms with Crippen LogP contribution in [-0.4, -0.2) is 41.1 Å². The van der Waals surface area contributed by atoms with Crippen LogP contribution in [0, 0.1) is 0 Å². The largest absolute Gasteiger partial charge is 0.323 e. The van der Waals surface area contributed by atoms with Crippen LogP contribution in [0.15, 0.2) is 48.5 Å². The van der Waals surface area contributed by atoms with E-state index in [1.807, 2.05) is 30.3 Å². The second-order valence-electron chi connectivity index (χ2n) is 7.43. The van der Waals surface area contributed by atoms with Gasteiger partial charge in [0.05, 0.1) is 11.1 Å². The minimum absolute atomic E-state index is 0.0929. The zero-order chi connectivity index (χ0) is 21.3. The molecule has 2 aromatic carbocycles. The predicted molar refractivity (Wildman–Crippen MR) is 108 cm³/mol. The van der Waals surface area contributed by atoms with Gasteiger partial charge in [-0.3, -0.25) is 29.4 Å². The Balaban J connectivity index is 1.49. The van der Waals surface area contributed by atoms with E-state index in [-0.39, 0.29) is 24.4 Å². The first-order valence-electron chi connectivity index (χ1n) is 9.82. The van der Waals surface area contributed by atoms with Crippen LogP contribution >= 0.6 is 0 Å². The van der Waals surface area contributed by atoms with Gasteiger partial charge in [0.25, 0.3) is 11.8 Å². The van der Waals surface area contributed by atoms with E-state index in [0.29, 0.717) is 24.2 Å². The summed E-state index contributed by atoms with van der Waals surface area (Å²) in [6.07, 6.45) is 0.227. The van der Waals surface area contributed by atoms with Gasteiger partial charge in [0.2, 0.25) is 11.8 Å². The molecule has 4 rings (SSSR count). The first-order chi connectivity index (χ1) is 14.5. The molecule has 0 aliphatic carbocycles. The van der Waals surface area contributed by atoms with Crippen molar-refractivity contribution in [2.24, 2.45) is 5.73 Å². The fourth-order valence-electron chi connectivity index (χ4n) is 3.91. The second-order valence-corrected chi connectivity index (χ2v) is 7.43. The van der Waals surface area contributed by atoms with Crippen LogP contribution in [0.1, 0.15) is 50.7 Å². The molecule has 2 aromatic rings. The van der Waals surface area contributed by atoms with Gasteiger partial charge in [0.15, 0.2) is 0 Å². The van der Waals surface area contributed by atoms with E-state index >= 15 is 0 Å². The van der Waals surface area contributed by atoms with Gasteiger partial charge in [-0.2, -0.15) is 0 Å². The average molecular weight is 406 g/mol. The standard InChI is InChI=1S/C22H22N4O4/c23-16(13-5-2-1-3-6-13)12-24-11-14-7-4-8-15-19(14)22(30)26(21(15)29)17-9-10-18(27)25-20(17)28/h1-8,16-17,24H,9-12,23H2,(H,25,27,28)/t16-,17?/m0/s1. The molecule has 0 spiro atoms. The predicted octanol–water partition coefficient (Wildman–Crippen LogP) is 0.877. The van der Waals surface area contributed by atoms with E-state index in [2.05, 4.69) is 10.6 Å². The summed E-state index contributed by atoms with van der Waals surface area (Å²) in [5, 5.41) is 5.44. The molecule has 1 saturated heterocycles. The fourth-order valence-corrected chi connectivity index (χ4v) is 3.91. The van der Waals surface area contributed by atoms with Crippen LogP contribution in [0.4, 0.5) is 0 Å². The summed E-state index contributed by atoms with van der Waals surface area (Å²) in [4.78, 5) is 50.5. The van der Waals surface area contributed by atoms with Gasteiger partial charge in [-0.05, 0) is 23.6 Å². The maximum atomic E-state index is 13.1. The van der Waals surface area contributed by atoms with Gasteiger partial charge in [0, 0.05) is 25.6 Å². The van der Waals surface area contributed by atoms with Gasteiger partial charge in [-0.1, -0.05) is 42.5 Å². The monoisotopic (exact) mass is 406 g/mol. The molecule has 1 unspecified atom stereocenters. The number of hydrogen-bond acceptors (Lipinski definition) is 6. The van der Waals surface area contributed by atoms with E-state index in [0.717, 1.165) is 10.5 Å². The maximum absolute atomic E-state index is 13.1. The highest BCUT2D eigenvalue weighted by molar-refractivity contribution is 6.24. The van der Waals surface area contributed by atoms with Crippen molar-refractivity contribution in [2.45, 2.75) is 31.5 Å². The number of benzene rings is 2. The molecule has 8 nitrogen and oxygen atoms in total. The number of carbonyl (C=O) groups is 4. The number of fused-ring (bicyclic) bond motifs is 1. The van der Waals surface area contributed by atoms with Crippen LogP contribution < -0.4 is 16.4 Å². The normalized spacial score (nSPS) is 19.6. The minimum atomic E-state index is -0.970. The summed E-state index contributed by atoms with van der Waals surface area (Å²) < 4.78 is 0. The number of imide groups is 2. The van der Waals surface area contributed by atoms with E-state index in [1.165, 1.54) is 0 Å². The molecule has 0 radical (unpaired) electrons. The van der Waals surface area contributed by atoms with Gasteiger partial charge >= 0.3 is 0 Å². The van der Waals surface area contributed by atoms with Crippen LogP contribution in [0.25, 0.3) is 0 Å². The molecule has 2 aliphatic rings. The van der Waals surface area contributed by atoms with Gasteiger partial charge in [0.1, 0.15) is 6.04 Å². The van der Waals surface area contributed by atoms with Gasteiger partial charge in [-0.25, -0.2) is 0 Å². The topological polar surface area (TPSA) is 122 Å². The lowest BCUT2D eigenvalue weighted by atomic mass is 10.0. The fraction of sp³-hybridized carbons (Fsp3) is 0.273. The van der Waals surface area contributed by atoms with E-state index in [1.54, 1.807) is 18.2 Å². The van der Waals surface area contributed by atoms with Crippen molar-refractivity contribution in [1.29, 1.82) is 0 Å². The molecule has 8 heteroatoms. The molecular formula is C22H22N4O4. The third-order valence-electron chi connectivity index (χ3n) is 5.46. The Morgan fingerprint density at radius 3 is 2.53 bits per heavy atom. The average Bonchev–Trinajstić information content (AvgIpc) is 3.00. The number of piperidine rings is 1. The van der Waals surface area contributed by atoms with Crippen molar-refractivity contribution in [3.8, 4) is 0 Å². The Bertz CT molecular complexity index is 1020. The van der Waals surface area contributed by atoms with Crippen molar-refractivity contribution in [2.75, 3.05) is 6.54 Å².